The number of aromatic nitrogens is 1. The quantitative estimate of drug-likeness (QED) is 0.906. The van der Waals surface area contributed by atoms with Crippen LogP contribution >= 0.6 is 22.9 Å². The summed E-state index contributed by atoms with van der Waals surface area (Å²) in [5.41, 5.74) is 0. The van der Waals surface area contributed by atoms with Gasteiger partial charge in [-0.2, -0.15) is 4.31 Å². The van der Waals surface area contributed by atoms with Crippen LogP contribution in [-0.4, -0.2) is 42.5 Å². The molecule has 17 heavy (non-hydrogen) atoms. The third kappa shape index (κ3) is 2.79. The second-order valence-corrected chi connectivity index (χ2v) is 7.74. The van der Waals surface area contributed by atoms with E-state index >= 15 is 0 Å². The van der Waals surface area contributed by atoms with Crippen LogP contribution in [-0.2, 0) is 10.0 Å². The van der Waals surface area contributed by atoms with E-state index in [1.54, 1.807) is 0 Å². The Morgan fingerprint density at radius 3 is 3.00 bits per heavy atom. The minimum absolute atomic E-state index is 0.102. The molecule has 1 saturated heterocycles. The Morgan fingerprint density at radius 1 is 1.65 bits per heavy atom. The fourth-order valence-electron chi connectivity index (χ4n) is 1.92. The molecule has 2 heterocycles. The maximum atomic E-state index is 12.2. The predicted octanol–water partition coefficient (Wildman–Crippen LogP) is 1.19. The van der Waals surface area contributed by atoms with Gasteiger partial charge in [-0.3, -0.25) is 0 Å². The molecule has 1 aromatic heterocycles. The zero-order chi connectivity index (χ0) is 12.5. The molecule has 2 rings (SSSR count). The molecule has 5 nitrogen and oxygen atoms in total. The highest BCUT2D eigenvalue weighted by Crippen LogP contribution is 2.30. The van der Waals surface area contributed by atoms with Crippen molar-refractivity contribution in [3.05, 3.63) is 10.7 Å². The third-order valence-corrected chi connectivity index (χ3v) is 6.25. The van der Waals surface area contributed by atoms with Gasteiger partial charge >= 0.3 is 0 Å². The van der Waals surface area contributed by atoms with Crippen LogP contribution in [0.1, 0.15) is 12.8 Å². The number of halogens is 1. The molecule has 0 radical (unpaired) electrons. The average molecular weight is 297 g/mol. The molecule has 1 unspecified atom stereocenters. The molecule has 0 spiro atoms. The molecule has 0 amide bonds. The van der Waals surface area contributed by atoms with Gasteiger partial charge in [0, 0.05) is 19.7 Å². The average Bonchev–Trinajstić information content (AvgIpc) is 2.88. The van der Waals surface area contributed by atoms with Crippen LogP contribution < -0.4 is 0 Å². The molecule has 1 aliphatic heterocycles. The Morgan fingerprint density at radius 2 is 2.41 bits per heavy atom. The second kappa shape index (κ2) is 5.19. The van der Waals surface area contributed by atoms with E-state index in [1.807, 2.05) is 0 Å². The molecule has 96 valence electrons. The van der Waals surface area contributed by atoms with E-state index in [0.717, 1.165) is 17.8 Å². The number of aliphatic hydroxyl groups is 1. The van der Waals surface area contributed by atoms with Crippen LogP contribution in [0.4, 0.5) is 0 Å². The van der Waals surface area contributed by atoms with Gasteiger partial charge in [0.15, 0.2) is 8.68 Å². The van der Waals surface area contributed by atoms with Gasteiger partial charge in [-0.25, -0.2) is 13.4 Å². The molecule has 1 aromatic rings. The Labute approximate surface area is 109 Å². The minimum Gasteiger partial charge on any atom is -0.396 e. The Bertz CT molecular complexity index is 488. The second-order valence-electron chi connectivity index (χ2n) is 3.96. The first-order valence-corrected chi connectivity index (χ1v) is 7.90. The Hall–Kier alpha value is -0.210. The van der Waals surface area contributed by atoms with E-state index in [1.165, 1.54) is 10.5 Å². The standard InChI is InChI=1S/C9H13ClN2O3S2/c10-9-11-5-8(16-9)17(14,15)12-3-1-7(6-12)2-4-13/h5,7,13H,1-4,6H2. The predicted molar refractivity (Wildman–Crippen MR) is 65.7 cm³/mol. The van der Waals surface area contributed by atoms with Crippen LogP contribution in [0.3, 0.4) is 0 Å². The summed E-state index contributed by atoms with van der Waals surface area (Å²) in [6, 6.07) is 0. The number of aliphatic hydroxyl groups excluding tert-OH is 1. The lowest BCUT2D eigenvalue weighted by Crippen LogP contribution is -2.28. The van der Waals surface area contributed by atoms with Gasteiger partial charge in [0.2, 0.25) is 0 Å². The monoisotopic (exact) mass is 296 g/mol. The van der Waals surface area contributed by atoms with Crippen LogP contribution in [0.5, 0.6) is 0 Å². The van der Waals surface area contributed by atoms with Crippen molar-refractivity contribution in [3.8, 4) is 0 Å². The fraction of sp³-hybridized carbons (Fsp3) is 0.667. The molecule has 1 atom stereocenters. The molecule has 8 heteroatoms. The lowest BCUT2D eigenvalue weighted by atomic mass is 10.1. The minimum atomic E-state index is -3.45. The highest BCUT2D eigenvalue weighted by molar-refractivity contribution is 7.91. The summed E-state index contributed by atoms with van der Waals surface area (Å²) in [5.74, 6) is 0.248. The Balaban J connectivity index is 2.13. The van der Waals surface area contributed by atoms with Crippen LogP contribution in [0.2, 0.25) is 4.47 Å². The third-order valence-electron chi connectivity index (χ3n) is 2.84. The normalized spacial score (nSPS) is 22.1. The molecule has 0 aliphatic carbocycles. The highest BCUT2D eigenvalue weighted by atomic mass is 35.5. The van der Waals surface area contributed by atoms with Crippen molar-refractivity contribution in [2.75, 3.05) is 19.7 Å². The molecular weight excluding hydrogens is 284 g/mol. The Kier molecular flexibility index (Phi) is 4.04. The maximum absolute atomic E-state index is 12.2. The zero-order valence-electron chi connectivity index (χ0n) is 9.04. The topological polar surface area (TPSA) is 70.5 Å². The number of thiazole rings is 1. The molecular formula is C9H13ClN2O3S2. The summed E-state index contributed by atoms with van der Waals surface area (Å²) in [6.45, 7) is 1.08. The summed E-state index contributed by atoms with van der Waals surface area (Å²) in [4.78, 5) is 3.75. The van der Waals surface area contributed by atoms with Gasteiger partial charge in [-0.15, -0.1) is 0 Å². The van der Waals surface area contributed by atoms with Crippen molar-refractivity contribution in [3.63, 3.8) is 0 Å². The highest BCUT2D eigenvalue weighted by Gasteiger charge is 2.33. The van der Waals surface area contributed by atoms with Crippen LogP contribution in [0.15, 0.2) is 10.4 Å². The van der Waals surface area contributed by atoms with E-state index in [4.69, 9.17) is 16.7 Å². The smallest absolute Gasteiger partial charge is 0.254 e. The first-order valence-electron chi connectivity index (χ1n) is 5.26. The largest absolute Gasteiger partial charge is 0.396 e. The van der Waals surface area contributed by atoms with Crippen molar-refractivity contribution in [1.29, 1.82) is 0 Å². The van der Waals surface area contributed by atoms with E-state index in [0.29, 0.717) is 19.5 Å². The van der Waals surface area contributed by atoms with Crippen molar-refractivity contribution in [1.82, 2.24) is 9.29 Å². The number of hydrogen-bond donors (Lipinski definition) is 1. The number of nitrogens with zero attached hydrogens (tertiary/aromatic N) is 2. The van der Waals surface area contributed by atoms with E-state index < -0.39 is 10.0 Å². The number of rotatable bonds is 4. The van der Waals surface area contributed by atoms with Crippen molar-refractivity contribution in [2.45, 2.75) is 17.1 Å². The summed E-state index contributed by atoms with van der Waals surface area (Å²) >= 11 is 6.61. The maximum Gasteiger partial charge on any atom is 0.254 e. The molecule has 1 fully saturated rings. The van der Waals surface area contributed by atoms with E-state index in [2.05, 4.69) is 4.98 Å². The van der Waals surface area contributed by atoms with Crippen LogP contribution in [0.25, 0.3) is 0 Å². The van der Waals surface area contributed by atoms with E-state index in [9.17, 15) is 8.42 Å². The first kappa shape index (κ1) is 13.2. The van der Waals surface area contributed by atoms with Gasteiger partial charge in [-0.05, 0) is 18.8 Å². The molecule has 1 N–H and O–H groups in total. The first-order chi connectivity index (χ1) is 8.04. The van der Waals surface area contributed by atoms with Crippen LogP contribution in [0, 0.1) is 5.92 Å². The van der Waals surface area contributed by atoms with Crippen molar-refractivity contribution in [2.24, 2.45) is 5.92 Å². The number of sulfonamides is 1. The molecule has 0 aromatic carbocycles. The summed E-state index contributed by atoms with van der Waals surface area (Å²) in [5, 5.41) is 8.84. The lowest BCUT2D eigenvalue weighted by molar-refractivity contribution is 0.260. The molecule has 0 saturated carbocycles. The SMILES string of the molecule is O=S(=O)(c1cnc(Cl)s1)N1CCC(CCO)C1. The zero-order valence-corrected chi connectivity index (χ0v) is 11.4. The van der Waals surface area contributed by atoms with Gasteiger partial charge in [0.05, 0.1) is 6.20 Å². The van der Waals surface area contributed by atoms with Gasteiger partial charge in [0.1, 0.15) is 0 Å². The fourth-order valence-corrected chi connectivity index (χ4v) is 4.90. The summed E-state index contributed by atoms with van der Waals surface area (Å²) in [6.07, 6.45) is 2.74. The summed E-state index contributed by atoms with van der Waals surface area (Å²) < 4.78 is 26.2. The lowest BCUT2D eigenvalue weighted by Gasteiger charge is -2.14. The van der Waals surface area contributed by atoms with E-state index in [-0.39, 0.29) is 21.2 Å². The van der Waals surface area contributed by atoms with Gasteiger partial charge in [0.25, 0.3) is 10.0 Å². The van der Waals surface area contributed by atoms with Gasteiger partial charge < -0.3 is 5.11 Å². The molecule has 0 bridgehead atoms. The number of hydrogen-bond acceptors (Lipinski definition) is 5. The van der Waals surface area contributed by atoms with Crippen molar-refractivity contribution < 1.29 is 13.5 Å². The van der Waals surface area contributed by atoms with Gasteiger partial charge in [-0.1, -0.05) is 22.9 Å². The molecule has 1 aliphatic rings. The van der Waals surface area contributed by atoms with Crippen molar-refractivity contribution >= 4 is 33.0 Å². The summed E-state index contributed by atoms with van der Waals surface area (Å²) in [7, 11) is -3.45.